The van der Waals surface area contributed by atoms with Crippen LogP contribution in [0.4, 0.5) is 0 Å². The molecule has 0 unspecified atom stereocenters. The molecule has 1 aromatic rings. The Labute approximate surface area is 82.9 Å². The highest BCUT2D eigenvalue weighted by molar-refractivity contribution is 8.00. The van der Waals surface area contributed by atoms with Crippen LogP contribution in [-0.4, -0.2) is 21.8 Å². The van der Waals surface area contributed by atoms with Gasteiger partial charge >= 0.3 is 0 Å². The maximum atomic E-state index is 5.00. The quantitative estimate of drug-likeness (QED) is 0.540. The lowest BCUT2D eigenvalue weighted by molar-refractivity contribution is 0.392. The third kappa shape index (κ3) is 3.63. The van der Waals surface area contributed by atoms with Gasteiger partial charge in [0.2, 0.25) is 5.88 Å². The summed E-state index contributed by atoms with van der Waals surface area (Å²) in [6.45, 7) is 6.38. The fraction of sp³-hybridized carbons (Fsp3) is 0.556. The molecule has 1 heterocycles. The van der Waals surface area contributed by atoms with E-state index in [-0.39, 0.29) is 4.75 Å². The van der Waals surface area contributed by atoms with Crippen LogP contribution in [0.3, 0.4) is 0 Å². The van der Waals surface area contributed by atoms with Crippen molar-refractivity contribution in [3.05, 3.63) is 12.3 Å². The lowest BCUT2D eigenvalue weighted by atomic mass is 10.3. The predicted molar refractivity (Wildman–Crippen MR) is 54.2 cm³/mol. The molecule has 0 radical (unpaired) electrons. The van der Waals surface area contributed by atoms with Crippen LogP contribution in [0.5, 0.6) is 5.88 Å². The molecule has 0 atom stereocenters. The van der Waals surface area contributed by atoms with Crippen LogP contribution in [0.15, 0.2) is 17.4 Å². The van der Waals surface area contributed by atoms with E-state index in [1.165, 1.54) is 0 Å². The fourth-order valence-corrected chi connectivity index (χ4v) is 1.56. The van der Waals surface area contributed by atoms with Crippen molar-refractivity contribution >= 4 is 11.8 Å². The topological polar surface area (TPSA) is 35.0 Å². The van der Waals surface area contributed by atoms with E-state index in [1.807, 2.05) is 0 Å². The fourth-order valence-electron chi connectivity index (χ4n) is 0.762. The zero-order valence-electron chi connectivity index (χ0n) is 8.37. The van der Waals surface area contributed by atoms with Crippen molar-refractivity contribution in [2.45, 2.75) is 30.7 Å². The largest absolute Gasteiger partial charge is 0.481 e. The third-order valence-corrected chi connectivity index (χ3v) is 2.21. The molecule has 0 aliphatic heterocycles. The van der Waals surface area contributed by atoms with Crippen LogP contribution in [0.1, 0.15) is 20.8 Å². The smallest absolute Gasteiger partial charge is 0.216 e. The normalized spacial score (nSPS) is 11.4. The molecule has 4 heteroatoms. The minimum absolute atomic E-state index is 0.131. The number of ether oxygens (including phenoxy) is 1. The molecule has 0 bridgehead atoms. The lowest BCUT2D eigenvalue weighted by Gasteiger charge is -2.15. The SMILES string of the molecule is COc1ccnc(SC(C)(C)C)n1. The Bertz CT molecular complexity index is 283. The summed E-state index contributed by atoms with van der Waals surface area (Å²) in [4.78, 5) is 8.35. The Morgan fingerprint density at radius 1 is 1.38 bits per heavy atom. The van der Waals surface area contributed by atoms with Gasteiger partial charge in [-0.2, -0.15) is 4.98 Å². The molecular weight excluding hydrogens is 184 g/mol. The Hall–Kier alpha value is -0.770. The number of aromatic nitrogens is 2. The van der Waals surface area contributed by atoms with Crippen molar-refractivity contribution in [2.24, 2.45) is 0 Å². The van der Waals surface area contributed by atoms with Crippen LogP contribution in [0, 0.1) is 0 Å². The van der Waals surface area contributed by atoms with Gasteiger partial charge in [-0.3, -0.25) is 0 Å². The van der Waals surface area contributed by atoms with E-state index >= 15 is 0 Å². The van der Waals surface area contributed by atoms with Crippen molar-refractivity contribution in [2.75, 3.05) is 7.11 Å². The average molecular weight is 198 g/mol. The van der Waals surface area contributed by atoms with Gasteiger partial charge < -0.3 is 4.74 Å². The highest BCUT2D eigenvalue weighted by Crippen LogP contribution is 2.29. The summed E-state index contributed by atoms with van der Waals surface area (Å²) in [5.41, 5.74) is 0. The van der Waals surface area contributed by atoms with E-state index in [0.717, 1.165) is 5.16 Å². The summed E-state index contributed by atoms with van der Waals surface area (Å²) >= 11 is 1.63. The molecule has 0 fully saturated rings. The highest BCUT2D eigenvalue weighted by Gasteiger charge is 2.14. The summed E-state index contributed by atoms with van der Waals surface area (Å²) in [6, 6.07) is 1.74. The first kappa shape index (κ1) is 10.3. The van der Waals surface area contributed by atoms with E-state index in [9.17, 15) is 0 Å². The molecule has 1 rings (SSSR count). The summed E-state index contributed by atoms with van der Waals surface area (Å²) in [5.74, 6) is 0.613. The molecule has 3 nitrogen and oxygen atoms in total. The standard InChI is InChI=1S/C9H14N2OS/c1-9(2,3)13-8-10-6-5-7(11-8)12-4/h5-6H,1-4H3. The molecular formula is C9H14N2OS. The molecule has 0 aromatic carbocycles. The van der Waals surface area contributed by atoms with Gasteiger partial charge in [0.05, 0.1) is 7.11 Å². The van der Waals surface area contributed by atoms with Gasteiger partial charge in [0.25, 0.3) is 0 Å². The van der Waals surface area contributed by atoms with E-state index < -0.39 is 0 Å². The summed E-state index contributed by atoms with van der Waals surface area (Å²) < 4.78 is 5.14. The van der Waals surface area contributed by atoms with E-state index in [1.54, 1.807) is 31.1 Å². The number of thioether (sulfide) groups is 1. The number of rotatable bonds is 2. The number of methoxy groups -OCH3 is 1. The van der Waals surface area contributed by atoms with Crippen molar-refractivity contribution in [3.63, 3.8) is 0 Å². The van der Waals surface area contributed by atoms with Gasteiger partial charge in [0.1, 0.15) is 0 Å². The average Bonchev–Trinajstić information content (AvgIpc) is 2.01. The zero-order chi connectivity index (χ0) is 9.90. The van der Waals surface area contributed by atoms with Gasteiger partial charge in [-0.05, 0) is 0 Å². The van der Waals surface area contributed by atoms with Gasteiger partial charge in [0, 0.05) is 17.0 Å². The Balaban J connectivity index is 2.78. The second-order valence-electron chi connectivity index (χ2n) is 3.60. The van der Waals surface area contributed by atoms with Gasteiger partial charge in [-0.1, -0.05) is 32.5 Å². The Kier molecular flexibility index (Phi) is 3.14. The molecule has 0 spiro atoms. The molecule has 13 heavy (non-hydrogen) atoms. The molecule has 0 amide bonds. The van der Waals surface area contributed by atoms with Crippen LogP contribution in [0.2, 0.25) is 0 Å². The predicted octanol–water partition coefficient (Wildman–Crippen LogP) is 2.38. The minimum Gasteiger partial charge on any atom is -0.481 e. The van der Waals surface area contributed by atoms with Gasteiger partial charge in [-0.15, -0.1) is 0 Å². The Morgan fingerprint density at radius 2 is 2.08 bits per heavy atom. The zero-order valence-corrected chi connectivity index (χ0v) is 9.18. The highest BCUT2D eigenvalue weighted by atomic mass is 32.2. The van der Waals surface area contributed by atoms with Crippen LogP contribution >= 0.6 is 11.8 Å². The lowest BCUT2D eigenvalue weighted by Crippen LogP contribution is -2.08. The molecule has 0 N–H and O–H groups in total. The van der Waals surface area contributed by atoms with E-state index in [2.05, 4.69) is 30.7 Å². The second kappa shape index (κ2) is 3.96. The first-order valence-electron chi connectivity index (χ1n) is 4.07. The minimum atomic E-state index is 0.131. The van der Waals surface area contributed by atoms with Crippen molar-refractivity contribution in [1.29, 1.82) is 0 Å². The first-order valence-corrected chi connectivity index (χ1v) is 4.89. The van der Waals surface area contributed by atoms with E-state index in [0.29, 0.717) is 5.88 Å². The van der Waals surface area contributed by atoms with Crippen molar-refractivity contribution in [3.8, 4) is 5.88 Å². The van der Waals surface area contributed by atoms with Crippen molar-refractivity contribution in [1.82, 2.24) is 9.97 Å². The maximum absolute atomic E-state index is 5.00. The third-order valence-electron chi connectivity index (χ3n) is 1.21. The molecule has 1 aromatic heterocycles. The summed E-state index contributed by atoms with van der Waals surface area (Å²) in [5, 5.41) is 0.756. The molecule has 0 aliphatic carbocycles. The van der Waals surface area contributed by atoms with Crippen molar-refractivity contribution < 1.29 is 4.74 Å². The monoisotopic (exact) mass is 198 g/mol. The molecule has 72 valence electrons. The van der Waals surface area contributed by atoms with Crippen LogP contribution in [0.25, 0.3) is 0 Å². The molecule has 0 aliphatic rings. The molecule has 0 saturated heterocycles. The summed E-state index contributed by atoms with van der Waals surface area (Å²) in [6.07, 6.45) is 1.71. The molecule has 0 saturated carbocycles. The maximum Gasteiger partial charge on any atom is 0.216 e. The number of nitrogens with zero attached hydrogens (tertiary/aromatic N) is 2. The Morgan fingerprint density at radius 3 is 2.62 bits per heavy atom. The van der Waals surface area contributed by atoms with E-state index in [4.69, 9.17) is 4.74 Å². The first-order chi connectivity index (χ1) is 6.01. The van der Waals surface area contributed by atoms with Gasteiger partial charge in [-0.25, -0.2) is 4.98 Å². The van der Waals surface area contributed by atoms with Crippen LogP contribution < -0.4 is 4.74 Å². The van der Waals surface area contributed by atoms with Crippen LogP contribution in [-0.2, 0) is 0 Å². The number of hydrogen-bond acceptors (Lipinski definition) is 4. The summed E-state index contributed by atoms with van der Waals surface area (Å²) in [7, 11) is 1.61. The number of hydrogen-bond donors (Lipinski definition) is 0. The van der Waals surface area contributed by atoms with Gasteiger partial charge in [0.15, 0.2) is 5.16 Å². The second-order valence-corrected chi connectivity index (χ2v) is 5.39.